The van der Waals surface area contributed by atoms with E-state index >= 15 is 0 Å². The molecule has 0 saturated heterocycles. The number of H-pyrrole nitrogens is 1. The molecule has 0 unspecified atom stereocenters. The van der Waals surface area contributed by atoms with E-state index in [4.69, 9.17) is 28.2 Å². The van der Waals surface area contributed by atoms with Crippen LogP contribution in [0.1, 0.15) is 29.9 Å². The molecule has 1 atom stereocenters. The van der Waals surface area contributed by atoms with E-state index in [-0.39, 0.29) is 0 Å². The number of benzene rings is 2. The van der Waals surface area contributed by atoms with Gasteiger partial charge in [0.15, 0.2) is 0 Å². The molecule has 9 heteroatoms. The van der Waals surface area contributed by atoms with E-state index in [2.05, 4.69) is 26.9 Å². The molecule has 1 amide bonds. The summed E-state index contributed by atoms with van der Waals surface area (Å²) in [7, 11) is 8.13. The summed E-state index contributed by atoms with van der Waals surface area (Å²) in [5.41, 5.74) is 4.50. The molecular weight excluding hydrogens is 437 g/mol. The van der Waals surface area contributed by atoms with Crippen molar-refractivity contribution in [2.24, 2.45) is 0 Å². The van der Waals surface area contributed by atoms with Crippen molar-refractivity contribution in [3.63, 3.8) is 0 Å². The van der Waals surface area contributed by atoms with E-state index in [9.17, 15) is 9.90 Å². The molecule has 0 aliphatic heterocycles. The van der Waals surface area contributed by atoms with Crippen molar-refractivity contribution in [1.29, 1.82) is 0 Å². The van der Waals surface area contributed by atoms with Gasteiger partial charge >= 0.3 is 6.09 Å². The van der Waals surface area contributed by atoms with E-state index in [1.54, 1.807) is 25.1 Å². The predicted octanol–water partition coefficient (Wildman–Crippen LogP) is 5.24. The van der Waals surface area contributed by atoms with E-state index in [0.717, 1.165) is 24.1 Å². The minimum atomic E-state index is -1.10. The SMILES string of the molecule is C[C@@H](c1nc2cc(CN(C)C)c(CN(C)C)cc2[nH]1)N(C(=O)O)c1ccc(Cl)c(Cl)c1. The third-order valence-electron chi connectivity index (χ3n) is 4.97. The Balaban J connectivity index is 2.03. The average molecular weight is 464 g/mol. The molecule has 3 rings (SSSR count). The Bertz CT molecular complexity index is 1050. The standard InChI is InChI=1S/C22H27Cl2N5O2/c1-13(29(22(30)31)16-6-7-17(23)18(24)10-16)21-25-19-8-14(11-27(2)3)15(12-28(4)5)9-20(19)26-21/h6-10,13H,11-12H2,1-5H3,(H,25,26)(H,30,31)/t13-/m0/s1. The zero-order chi connectivity index (χ0) is 22.9. The molecule has 0 aliphatic carbocycles. The van der Waals surface area contributed by atoms with Gasteiger partial charge in [0.05, 0.1) is 27.1 Å². The molecule has 7 nitrogen and oxygen atoms in total. The molecule has 3 aromatic rings. The number of halogens is 2. The summed E-state index contributed by atoms with van der Waals surface area (Å²) in [5, 5.41) is 10.5. The zero-order valence-electron chi connectivity index (χ0n) is 18.3. The highest BCUT2D eigenvalue weighted by Crippen LogP contribution is 2.32. The van der Waals surface area contributed by atoms with Crippen molar-refractivity contribution < 1.29 is 9.90 Å². The first-order valence-corrected chi connectivity index (χ1v) is 10.6. The fourth-order valence-electron chi connectivity index (χ4n) is 3.60. The Morgan fingerprint density at radius 3 is 2.19 bits per heavy atom. The van der Waals surface area contributed by atoms with Crippen LogP contribution in [0, 0.1) is 0 Å². The van der Waals surface area contributed by atoms with E-state index < -0.39 is 12.1 Å². The van der Waals surface area contributed by atoms with Gasteiger partial charge in [-0.2, -0.15) is 0 Å². The van der Waals surface area contributed by atoms with E-state index in [1.165, 1.54) is 16.0 Å². The largest absolute Gasteiger partial charge is 0.465 e. The van der Waals surface area contributed by atoms with Gasteiger partial charge in [0.25, 0.3) is 0 Å². The van der Waals surface area contributed by atoms with Crippen molar-refractivity contribution in [3.8, 4) is 0 Å². The Morgan fingerprint density at radius 1 is 1.03 bits per heavy atom. The van der Waals surface area contributed by atoms with Crippen molar-refractivity contribution >= 4 is 46.0 Å². The number of nitrogens with one attached hydrogen (secondary N) is 1. The lowest BCUT2D eigenvalue weighted by atomic mass is 10.1. The highest BCUT2D eigenvalue weighted by molar-refractivity contribution is 6.42. The fraction of sp³-hybridized carbons (Fsp3) is 0.364. The molecule has 0 fully saturated rings. The second-order valence-corrected chi connectivity index (χ2v) is 8.98. The summed E-state index contributed by atoms with van der Waals surface area (Å²) in [6.07, 6.45) is -1.10. The third-order valence-corrected chi connectivity index (χ3v) is 5.70. The van der Waals surface area contributed by atoms with E-state index in [0.29, 0.717) is 21.6 Å². The number of fused-ring (bicyclic) bond motifs is 1. The molecular formula is C22H27Cl2N5O2. The van der Waals surface area contributed by atoms with Gasteiger partial charge in [0, 0.05) is 18.8 Å². The maximum absolute atomic E-state index is 12.1. The zero-order valence-corrected chi connectivity index (χ0v) is 19.8. The number of hydrogen-bond acceptors (Lipinski definition) is 4. The first-order valence-electron chi connectivity index (χ1n) is 9.85. The number of carboxylic acid groups (broad SMARTS) is 1. The lowest BCUT2D eigenvalue weighted by Gasteiger charge is -2.25. The van der Waals surface area contributed by atoms with Crippen LogP contribution in [0.4, 0.5) is 10.5 Å². The number of anilines is 1. The number of hydrogen-bond donors (Lipinski definition) is 2. The molecule has 31 heavy (non-hydrogen) atoms. The predicted molar refractivity (Wildman–Crippen MR) is 126 cm³/mol. The number of aromatic nitrogens is 2. The first-order chi connectivity index (χ1) is 14.6. The normalized spacial score (nSPS) is 12.7. The first kappa shape index (κ1) is 23.3. The molecule has 2 N–H and O–H groups in total. The van der Waals surface area contributed by atoms with Gasteiger partial charge in [0.2, 0.25) is 0 Å². The Labute approximate surface area is 192 Å². The topological polar surface area (TPSA) is 75.7 Å². The van der Waals surface area contributed by atoms with Crippen LogP contribution in [0.5, 0.6) is 0 Å². The van der Waals surface area contributed by atoms with Gasteiger partial charge in [-0.15, -0.1) is 0 Å². The molecule has 0 spiro atoms. The number of carbonyl (C=O) groups is 1. The second kappa shape index (κ2) is 9.44. The van der Waals surface area contributed by atoms with Crippen LogP contribution in [0.2, 0.25) is 10.0 Å². The molecule has 1 aromatic heterocycles. The van der Waals surface area contributed by atoms with Gasteiger partial charge in [0.1, 0.15) is 5.82 Å². The molecule has 0 saturated carbocycles. The van der Waals surface area contributed by atoms with Crippen LogP contribution >= 0.6 is 23.2 Å². The second-order valence-electron chi connectivity index (χ2n) is 8.16. The van der Waals surface area contributed by atoms with Gasteiger partial charge in [-0.3, -0.25) is 4.90 Å². The van der Waals surface area contributed by atoms with Gasteiger partial charge in [-0.25, -0.2) is 9.78 Å². The maximum Gasteiger partial charge on any atom is 0.412 e. The Hall–Kier alpha value is -2.32. The highest BCUT2D eigenvalue weighted by atomic mass is 35.5. The lowest BCUT2D eigenvalue weighted by Crippen LogP contribution is -2.32. The summed E-state index contributed by atoms with van der Waals surface area (Å²) in [4.78, 5) is 25.6. The van der Waals surface area contributed by atoms with Gasteiger partial charge in [-0.1, -0.05) is 23.2 Å². The molecule has 1 heterocycles. The molecule has 0 radical (unpaired) electrons. The molecule has 2 aromatic carbocycles. The van der Waals surface area contributed by atoms with Crippen LogP contribution in [-0.4, -0.2) is 59.2 Å². The smallest absolute Gasteiger partial charge is 0.412 e. The highest BCUT2D eigenvalue weighted by Gasteiger charge is 2.26. The van der Waals surface area contributed by atoms with E-state index in [1.807, 2.05) is 28.2 Å². The molecule has 0 bridgehead atoms. The summed E-state index contributed by atoms with van der Waals surface area (Å²) in [6, 6.07) is 8.37. The number of imidazole rings is 1. The summed E-state index contributed by atoms with van der Waals surface area (Å²) < 4.78 is 0. The summed E-state index contributed by atoms with van der Waals surface area (Å²) in [6.45, 7) is 3.38. The molecule has 0 aliphatic rings. The van der Waals surface area contributed by atoms with Crippen LogP contribution in [0.15, 0.2) is 30.3 Å². The van der Waals surface area contributed by atoms with Gasteiger partial charge < -0.3 is 19.9 Å². The summed E-state index contributed by atoms with van der Waals surface area (Å²) >= 11 is 12.1. The Morgan fingerprint density at radius 2 is 1.65 bits per heavy atom. The third kappa shape index (κ3) is 5.30. The summed E-state index contributed by atoms with van der Waals surface area (Å²) in [5.74, 6) is 0.557. The minimum absolute atomic E-state index is 0.295. The van der Waals surface area contributed by atoms with Crippen LogP contribution in [0.25, 0.3) is 11.0 Å². The van der Waals surface area contributed by atoms with Gasteiger partial charge in [-0.05, 0) is 76.6 Å². The van der Waals surface area contributed by atoms with Crippen LogP contribution in [-0.2, 0) is 13.1 Å². The Kier molecular flexibility index (Phi) is 7.11. The number of rotatable bonds is 7. The van der Waals surface area contributed by atoms with Crippen LogP contribution in [0.3, 0.4) is 0 Å². The van der Waals surface area contributed by atoms with Crippen molar-refractivity contribution in [2.75, 3.05) is 33.1 Å². The quantitative estimate of drug-likeness (QED) is 0.500. The number of nitrogens with zero attached hydrogens (tertiary/aromatic N) is 4. The van der Waals surface area contributed by atoms with Crippen molar-refractivity contribution in [1.82, 2.24) is 19.8 Å². The minimum Gasteiger partial charge on any atom is -0.465 e. The lowest BCUT2D eigenvalue weighted by molar-refractivity contribution is 0.199. The fourth-order valence-corrected chi connectivity index (χ4v) is 3.89. The van der Waals surface area contributed by atoms with Crippen molar-refractivity contribution in [2.45, 2.75) is 26.1 Å². The number of aromatic amines is 1. The number of amides is 1. The average Bonchev–Trinajstić information content (AvgIpc) is 3.06. The monoisotopic (exact) mass is 463 g/mol. The maximum atomic E-state index is 12.1. The molecule has 166 valence electrons. The van der Waals surface area contributed by atoms with Crippen LogP contribution < -0.4 is 4.90 Å². The van der Waals surface area contributed by atoms with Crippen molar-refractivity contribution in [3.05, 3.63) is 57.3 Å².